The van der Waals surface area contributed by atoms with Gasteiger partial charge < -0.3 is 19.1 Å². The molecule has 4 aromatic carbocycles. The van der Waals surface area contributed by atoms with Crippen LogP contribution in [0.25, 0.3) is 5.70 Å². The number of aromatic nitrogens is 1. The van der Waals surface area contributed by atoms with E-state index in [1.54, 1.807) is 30.5 Å². The van der Waals surface area contributed by atoms with Gasteiger partial charge in [0, 0.05) is 56.5 Å². The minimum absolute atomic E-state index is 0.161. The van der Waals surface area contributed by atoms with Crippen molar-refractivity contribution in [3.63, 3.8) is 0 Å². The maximum atomic E-state index is 13.1. The highest BCUT2D eigenvalue weighted by atomic mass is 35.5. The third kappa shape index (κ3) is 9.78. The van der Waals surface area contributed by atoms with Crippen LogP contribution in [0, 0.1) is 19.7 Å². The van der Waals surface area contributed by atoms with Crippen LogP contribution in [0.5, 0.6) is 23.1 Å². The molecule has 0 spiro atoms. The second-order valence-electron chi connectivity index (χ2n) is 13.1. The molecule has 1 aromatic heterocycles. The Morgan fingerprint density at radius 1 is 0.885 bits per heavy atom. The first-order chi connectivity index (χ1) is 25.2. The summed E-state index contributed by atoms with van der Waals surface area (Å²) < 4.78 is 30.9. The van der Waals surface area contributed by atoms with Gasteiger partial charge in [0.1, 0.15) is 30.2 Å². The summed E-state index contributed by atoms with van der Waals surface area (Å²) in [6.45, 7) is 10.4. The lowest BCUT2D eigenvalue weighted by Crippen LogP contribution is -2.50. The molecule has 1 aliphatic rings. The molecule has 1 fully saturated rings. The smallest absolute Gasteiger partial charge is 0.219 e. The molecule has 0 unspecified atom stereocenters. The van der Waals surface area contributed by atoms with E-state index in [1.165, 1.54) is 28.8 Å². The molecule has 1 atom stereocenters. The van der Waals surface area contributed by atoms with Gasteiger partial charge in [-0.2, -0.15) is 0 Å². The molecule has 9 heteroatoms. The molecule has 7 nitrogen and oxygen atoms in total. The molecule has 268 valence electrons. The number of allylic oxidation sites excluding steroid dienone is 1. The number of halogens is 2. The molecule has 1 aliphatic heterocycles. The van der Waals surface area contributed by atoms with Crippen LogP contribution in [0.4, 0.5) is 4.39 Å². The summed E-state index contributed by atoms with van der Waals surface area (Å²) in [4.78, 5) is 21.0. The number of carbonyl (C=O) groups excluding carboxylic acids is 1. The minimum atomic E-state index is -0.272. The van der Waals surface area contributed by atoms with Crippen LogP contribution >= 0.6 is 11.6 Å². The predicted octanol–water partition coefficient (Wildman–Crippen LogP) is 9.23. The normalized spacial score (nSPS) is 15.0. The minimum Gasteiger partial charge on any atom is -0.493 e. The molecule has 0 N–H and O–H groups in total. The van der Waals surface area contributed by atoms with Crippen LogP contribution in [0.1, 0.15) is 40.3 Å². The van der Waals surface area contributed by atoms with Crippen LogP contribution < -0.4 is 14.2 Å². The van der Waals surface area contributed by atoms with Gasteiger partial charge in [-0.15, -0.1) is 0 Å². The van der Waals surface area contributed by atoms with Crippen molar-refractivity contribution in [1.29, 1.82) is 0 Å². The van der Waals surface area contributed by atoms with Crippen molar-refractivity contribution in [2.45, 2.75) is 46.4 Å². The molecule has 0 aliphatic carbocycles. The van der Waals surface area contributed by atoms with Crippen molar-refractivity contribution in [3.8, 4) is 23.1 Å². The lowest BCUT2D eigenvalue weighted by atomic mass is 10.0. The molecule has 0 amide bonds. The van der Waals surface area contributed by atoms with E-state index in [2.05, 4.69) is 65.0 Å². The van der Waals surface area contributed by atoms with Crippen molar-refractivity contribution >= 4 is 23.6 Å². The highest BCUT2D eigenvalue weighted by molar-refractivity contribution is 6.32. The van der Waals surface area contributed by atoms with Crippen molar-refractivity contribution in [1.82, 2.24) is 14.8 Å². The second kappa shape index (κ2) is 17.4. The largest absolute Gasteiger partial charge is 0.493 e. The van der Waals surface area contributed by atoms with Crippen molar-refractivity contribution in [3.05, 3.63) is 154 Å². The summed E-state index contributed by atoms with van der Waals surface area (Å²) in [5.74, 6) is 1.95. The average Bonchev–Trinajstić information content (AvgIpc) is 3.14. The van der Waals surface area contributed by atoms with Crippen LogP contribution in [-0.4, -0.2) is 53.4 Å². The summed E-state index contributed by atoms with van der Waals surface area (Å²) >= 11 is 6.81. The van der Waals surface area contributed by atoms with E-state index < -0.39 is 0 Å². The zero-order valence-electron chi connectivity index (χ0n) is 29.7. The Hall–Kier alpha value is -5.18. The van der Waals surface area contributed by atoms with Gasteiger partial charge >= 0.3 is 0 Å². The zero-order valence-corrected chi connectivity index (χ0v) is 30.5. The van der Waals surface area contributed by atoms with E-state index in [0.29, 0.717) is 41.4 Å². The first-order valence-electron chi connectivity index (χ1n) is 17.5. The maximum Gasteiger partial charge on any atom is 0.219 e. The highest BCUT2D eigenvalue weighted by Gasteiger charge is 2.27. The second-order valence-corrected chi connectivity index (χ2v) is 13.6. The summed E-state index contributed by atoms with van der Waals surface area (Å²) in [5, 5.41) is 0.435. The Kier molecular flexibility index (Phi) is 12.2. The van der Waals surface area contributed by atoms with E-state index in [9.17, 15) is 9.18 Å². The molecule has 5 aromatic rings. The maximum absolute atomic E-state index is 13.1. The molecule has 0 bridgehead atoms. The number of aryl methyl sites for hydroxylation is 2. The first kappa shape index (κ1) is 36.6. The van der Waals surface area contributed by atoms with Gasteiger partial charge in [0.25, 0.3) is 0 Å². The highest BCUT2D eigenvalue weighted by Crippen LogP contribution is 2.37. The predicted molar refractivity (Wildman–Crippen MR) is 204 cm³/mol. The molecular weight excluding hydrogens is 677 g/mol. The third-order valence-corrected chi connectivity index (χ3v) is 9.40. The van der Waals surface area contributed by atoms with Gasteiger partial charge in [0.2, 0.25) is 5.88 Å². The molecular formula is C43H43ClFN3O4. The number of aldehydes is 1. The number of ether oxygens (including phenoxy) is 3. The third-order valence-electron chi connectivity index (χ3n) is 9.12. The first-order valence-corrected chi connectivity index (χ1v) is 17.9. The van der Waals surface area contributed by atoms with Crippen LogP contribution in [0.2, 0.25) is 5.02 Å². The lowest BCUT2D eigenvalue weighted by molar-refractivity contribution is -0.104. The van der Waals surface area contributed by atoms with E-state index in [4.69, 9.17) is 25.8 Å². The number of pyridine rings is 1. The monoisotopic (exact) mass is 719 g/mol. The fourth-order valence-electron chi connectivity index (χ4n) is 6.32. The van der Waals surface area contributed by atoms with Crippen LogP contribution in [0.3, 0.4) is 0 Å². The van der Waals surface area contributed by atoms with Crippen molar-refractivity contribution in [2.75, 3.05) is 26.2 Å². The van der Waals surface area contributed by atoms with Crippen LogP contribution in [0.15, 0.2) is 109 Å². The lowest BCUT2D eigenvalue weighted by Gasteiger charge is -2.42. The summed E-state index contributed by atoms with van der Waals surface area (Å²) in [5.41, 5.74) is 7.23. The number of piperazine rings is 1. The molecule has 2 heterocycles. The van der Waals surface area contributed by atoms with Gasteiger partial charge in [-0.25, -0.2) is 9.37 Å². The number of hydrogen-bond donors (Lipinski definition) is 0. The van der Waals surface area contributed by atoms with Gasteiger partial charge in [-0.1, -0.05) is 65.7 Å². The Morgan fingerprint density at radius 2 is 1.60 bits per heavy atom. The SMILES string of the molecule is Cc1ccc(COc2ccc(Oc3c(C)cc(C(=CC=O)N4CCN(Cc5ccc(CCOc6ccc(F)cc6)cc5)C[C@H]4C)cc3Cl)nc2)cc1. The number of rotatable bonds is 14. The summed E-state index contributed by atoms with van der Waals surface area (Å²) in [6, 6.07) is 30.5. The standard InChI is InChI=1S/C43H43ClFN3O4/c1-30-4-6-35(7-5-30)29-51-39-16-17-42(46-26-39)52-43-31(2)24-36(25-40(43)44)41(18-22-49)48-21-20-47(27-32(48)3)28-34-10-8-33(9-11-34)19-23-50-38-14-12-37(45)13-15-38/h4-18,22,24-26,32H,19-21,23,27-29H2,1-3H3/t32-/m1/s1. The van der Waals surface area contributed by atoms with Crippen molar-refractivity contribution in [2.24, 2.45) is 0 Å². The van der Waals surface area contributed by atoms with E-state index in [1.807, 2.05) is 37.3 Å². The van der Waals surface area contributed by atoms with E-state index in [-0.39, 0.29) is 11.9 Å². The molecule has 1 saturated heterocycles. The quantitative estimate of drug-likeness (QED) is 0.0838. The number of carbonyl (C=O) groups is 1. The molecule has 0 saturated carbocycles. The van der Waals surface area contributed by atoms with Gasteiger partial charge in [-0.05, 0) is 91.1 Å². The molecule has 0 radical (unpaired) electrons. The zero-order chi connectivity index (χ0) is 36.5. The summed E-state index contributed by atoms with van der Waals surface area (Å²) in [7, 11) is 0. The molecule has 52 heavy (non-hydrogen) atoms. The van der Waals surface area contributed by atoms with E-state index >= 15 is 0 Å². The Balaban J connectivity index is 1.02. The van der Waals surface area contributed by atoms with Gasteiger partial charge in [0.15, 0.2) is 5.75 Å². The fraction of sp³-hybridized carbons (Fsp3) is 0.256. The number of nitrogens with zero attached hydrogens (tertiary/aromatic N) is 3. The fourth-order valence-corrected chi connectivity index (χ4v) is 6.63. The van der Waals surface area contributed by atoms with Gasteiger partial charge in [-0.3, -0.25) is 9.69 Å². The van der Waals surface area contributed by atoms with E-state index in [0.717, 1.165) is 61.3 Å². The number of benzene rings is 4. The Morgan fingerprint density at radius 3 is 2.27 bits per heavy atom. The topological polar surface area (TPSA) is 64.1 Å². The van der Waals surface area contributed by atoms with Crippen molar-refractivity contribution < 1.29 is 23.4 Å². The summed E-state index contributed by atoms with van der Waals surface area (Å²) in [6.07, 6.45) is 4.86. The van der Waals surface area contributed by atoms with Crippen LogP contribution in [-0.2, 0) is 24.4 Å². The molecule has 6 rings (SSSR count). The Bertz CT molecular complexity index is 1940. The van der Waals surface area contributed by atoms with Gasteiger partial charge in [0.05, 0.1) is 17.8 Å². The number of hydrogen-bond acceptors (Lipinski definition) is 7. The Labute approximate surface area is 310 Å². The average molecular weight is 720 g/mol.